The molecular formula is C12H12O2P. The Morgan fingerprint density at radius 2 is 0.933 bits per heavy atom. The molecule has 0 aliphatic carbocycles. The van der Waals surface area contributed by atoms with Crippen LogP contribution in [0.15, 0.2) is 60.7 Å². The molecule has 15 heavy (non-hydrogen) atoms. The van der Waals surface area contributed by atoms with Gasteiger partial charge in [0, 0.05) is 10.6 Å². The van der Waals surface area contributed by atoms with Crippen LogP contribution in [0.5, 0.6) is 0 Å². The molecule has 0 saturated heterocycles. The molecular weight excluding hydrogens is 207 g/mol. The van der Waals surface area contributed by atoms with Gasteiger partial charge in [-0.3, -0.25) is 0 Å². The highest BCUT2D eigenvalue weighted by Crippen LogP contribution is 2.46. The van der Waals surface area contributed by atoms with E-state index >= 15 is 0 Å². The van der Waals surface area contributed by atoms with E-state index in [0.717, 1.165) is 0 Å². The molecule has 0 saturated carbocycles. The number of hydrogen-bond donors (Lipinski definition) is 2. The first-order valence-corrected chi connectivity index (χ1v) is 6.36. The maximum absolute atomic E-state index is 10.1. The number of benzene rings is 2. The molecule has 0 spiro atoms. The molecule has 2 aromatic rings. The van der Waals surface area contributed by atoms with E-state index in [-0.39, 0.29) is 0 Å². The van der Waals surface area contributed by atoms with E-state index in [9.17, 15) is 9.79 Å². The highest BCUT2D eigenvalue weighted by atomic mass is 31.2. The minimum Gasteiger partial charge on any atom is -0.349 e. The summed E-state index contributed by atoms with van der Waals surface area (Å²) in [6.07, 6.45) is 0. The third-order valence-corrected chi connectivity index (χ3v) is 4.27. The predicted molar refractivity (Wildman–Crippen MR) is 63.5 cm³/mol. The van der Waals surface area contributed by atoms with E-state index < -0.39 is 7.72 Å². The van der Waals surface area contributed by atoms with Crippen molar-refractivity contribution in [3.8, 4) is 0 Å². The lowest BCUT2D eigenvalue weighted by Gasteiger charge is -2.23. The Kier molecular flexibility index (Phi) is 2.83. The molecule has 2 rings (SSSR count). The van der Waals surface area contributed by atoms with Gasteiger partial charge in [0.25, 0.3) is 0 Å². The van der Waals surface area contributed by atoms with Gasteiger partial charge in [0.15, 0.2) is 7.72 Å². The molecule has 0 aromatic heterocycles. The van der Waals surface area contributed by atoms with Crippen molar-refractivity contribution in [2.75, 3.05) is 0 Å². The minimum atomic E-state index is -3.15. The zero-order valence-electron chi connectivity index (χ0n) is 8.12. The molecule has 2 N–H and O–H groups in total. The van der Waals surface area contributed by atoms with E-state index in [4.69, 9.17) is 0 Å². The molecule has 0 aliphatic rings. The van der Waals surface area contributed by atoms with Gasteiger partial charge in [0.2, 0.25) is 0 Å². The van der Waals surface area contributed by atoms with Gasteiger partial charge >= 0.3 is 0 Å². The van der Waals surface area contributed by atoms with Gasteiger partial charge < -0.3 is 9.79 Å². The second kappa shape index (κ2) is 4.11. The zero-order valence-corrected chi connectivity index (χ0v) is 9.01. The molecule has 2 nitrogen and oxygen atoms in total. The van der Waals surface area contributed by atoms with Crippen molar-refractivity contribution in [2.24, 2.45) is 0 Å². The average molecular weight is 219 g/mol. The van der Waals surface area contributed by atoms with Crippen LogP contribution in [-0.2, 0) is 0 Å². The van der Waals surface area contributed by atoms with Crippen LogP contribution in [0.3, 0.4) is 0 Å². The lowest BCUT2D eigenvalue weighted by atomic mass is 10.4. The van der Waals surface area contributed by atoms with Gasteiger partial charge in [-0.05, 0) is 0 Å². The average Bonchev–Trinajstić information content (AvgIpc) is 2.31. The van der Waals surface area contributed by atoms with Gasteiger partial charge in [0.1, 0.15) is 0 Å². The van der Waals surface area contributed by atoms with Gasteiger partial charge in [-0.25, -0.2) is 0 Å². The molecule has 77 valence electrons. The van der Waals surface area contributed by atoms with E-state index in [2.05, 4.69) is 0 Å². The Morgan fingerprint density at radius 1 is 0.600 bits per heavy atom. The van der Waals surface area contributed by atoms with E-state index in [1.165, 1.54) is 0 Å². The first kappa shape index (κ1) is 10.3. The standard InChI is InChI=1S/C12H12O2P/c13-15(14,11-7-3-1-4-8-11)12-9-5-2-6-10-12/h1-10,13-14H. The largest absolute Gasteiger partial charge is 0.349 e. The van der Waals surface area contributed by atoms with Gasteiger partial charge in [-0.2, -0.15) is 0 Å². The Bertz CT molecular complexity index is 384. The third-order valence-electron chi connectivity index (χ3n) is 2.23. The zero-order chi connectivity index (χ0) is 10.7. The maximum atomic E-state index is 10.1. The second-order valence-electron chi connectivity index (χ2n) is 3.27. The summed E-state index contributed by atoms with van der Waals surface area (Å²) in [7, 11) is -3.15. The van der Waals surface area contributed by atoms with Crippen LogP contribution in [0.2, 0.25) is 0 Å². The SMILES string of the molecule is O[P](O)(c1ccccc1)c1ccccc1. The van der Waals surface area contributed by atoms with Crippen molar-refractivity contribution in [1.82, 2.24) is 0 Å². The molecule has 0 aliphatic heterocycles. The van der Waals surface area contributed by atoms with Gasteiger partial charge in [-0.15, -0.1) is 0 Å². The Labute approximate surface area is 89.3 Å². The third kappa shape index (κ3) is 2.07. The molecule has 0 bridgehead atoms. The van der Waals surface area contributed by atoms with Crippen LogP contribution in [0.25, 0.3) is 0 Å². The summed E-state index contributed by atoms with van der Waals surface area (Å²) in [4.78, 5) is 20.2. The molecule has 0 fully saturated rings. The molecule has 3 heteroatoms. The van der Waals surface area contributed by atoms with Gasteiger partial charge in [-0.1, -0.05) is 60.7 Å². The van der Waals surface area contributed by atoms with Crippen molar-refractivity contribution >= 4 is 18.3 Å². The second-order valence-corrected chi connectivity index (χ2v) is 5.51. The normalized spacial score (nSPS) is 11.3. The summed E-state index contributed by atoms with van der Waals surface area (Å²) < 4.78 is 0. The van der Waals surface area contributed by atoms with Crippen LogP contribution in [-0.4, -0.2) is 9.79 Å². The predicted octanol–water partition coefficient (Wildman–Crippen LogP) is 1.47. The van der Waals surface area contributed by atoms with Gasteiger partial charge in [0.05, 0.1) is 0 Å². The lowest BCUT2D eigenvalue weighted by molar-refractivity contribution is 0.479. The van der Waals surface area contributed by atoms with E-state index in [0.29, 0.717) is 10.6 Å². The molecule has 0 unspecified atom stereocenters. The van der Waals surface area contributed by atoms with Crippen molar-refractivity contribution in [3.63, 3.8) is 0 Å². The first-order valence-electron chi connectivity index (χ1n) is 4.67. The summed E-state index contributed by atoms with van der Waals surface area (Å²) in [5, 5.41) is 1.16. The van der Waals surface area contributed by atoms with Crippen molar-refractivity contribution in [3.05, 3.63) is 60.7 Å². The Morgan fingerprint density at radius 3 is 1.27 bits per heavy atom. The summed E-state index contributed by atoms with van der Waals surface area (Å²) in [6.45, 7) is 0. The smallest absolute Gasteiger partial charge is 0.156 e. The summed E-state index contributed by atoms with van der Waals surface area (Å²) in [5.74, 6) is 0. The highest BCUT2D eigenvalue weighted by molar-refractivity contribution is 7.79. The maximum Gasteiger partial charge on any atom is 0.156 e. The first-order chi connectivity index (χ1) is 7.21. The molecule has 1 radical (unpaired) electrons. The fourth-order valence-corrected chi connectivity index (χ4v) is 2.89. The molecule has 0 atom stereocenters. The Hall–Kier alpha value is -1.21. The Balaban J connectivity index is 2.44. The van der Waals surface area contributed by atoms with Crippen LogP contribution in [0.4, 0.5) is 0 Å². The quantitative estimate of drug-likeness (QED) is 0.751. The fraction of sp³-hybridized carbons (Fsp3) is 0. The molecule has 2 aromatic carbocycles. The minimum absolute atomic E-state index is 0.580. The van der Waals surface area contributed by atoms with Crippen molar-refractivity contribution in [2.45, 2.75) is 0 Å². The van der Waals surface area contributed by atoms with E-state index in [1.807, 2.05) is 12.1 Å². The number of hydrogen-bond acceptors (Lipinski definition) is 2. The molecule has 0 amide bonds. The topological polar surface area (TPSA) is 40.5 Å². The van der Waals surface area contributed by atoms with Crippen molar-refractivity contribution in [1.29, 1.82) is 0 Å². The summed E-state index contributed by atoms with van der Waals surface area (Å²) in [6, 6.07) is 17.9. The van der Waals surface area contributed by atoms with Crippen LogP contribution in [0.1, 0.15) is 0 Å². The highest BCUT2D eigenvalue weighted by Gasteiger charge is 2.25. The monoisotopic (exact) mass is 219 g/mol. The van der Waals surface area contributed by atoms with Crippen LogP contribution >= 0.6 is 7.72 Å². The fourth-order valence-electron chi connectivity index (χ4n) is 1.42. The van der Waals surface area contributed by atoms with Crippen LogP contribution in [0, 0.1) is 0 Å². The van der Waals surface area contributed by atoms with Crippen molar-refractivity contribution < 1.29 is 9.79 Å². The van der Waals surface area contributed by atoms with E-state index in [1.54, 1.807) is 48.5 Å². The number of rotatable bonds is 2. The summed E-state index contributed by atoms with van der Waals surface area (Å²) >= 11 is 0. The lowest BCUT2D eigenvalue weighted by Crippen LogP contribution is -2.20. The summed E-state index contributed by atoms with van der Waals surface area (Å²) in [5.41, 5.74) is 0. The molecule has 0 heterocycles. The van der Waals surface area contributed by atoms with Crippen LogP contribution < -0.4 is 10.6 Å².